The second-order valence-corrected chi connectivity index (χ2v) is 3.97. The maximum absolute atomic E-state index is 11.3. The summed E-state index contributed by atoms with van der Waals surface area (Å²) in [4.78, 5) is 15.4. The van der Waals surface area contributed by atoms with Crippen LogP contribution in [0, 0.1) is 6.92 Å². The summed E-state index contributed by atoms with van der Waals surface area (Å²) in [6, 6.07) is 1.69. The standard InChI is InChI=1S/C11H14N6O2/c1-7-4-9(10(18)19-3)12-5-8(7)6-13-11-14-15-16-17(11)2/h4-5H,6H2,1-3H3,(H,13,14,16). The van der Waals surface area contributed by atoms with Crippen molar-refractivity contribution in [3.63, 3.8) is 0 Å². The number of hydrogen-bond acceptors (Lipinski definition) is 7. The third-order valence-electron chi connectivity index (χ3n) is 2.67. The molecule has 100 valence electrons. The molecule has 0 bridgehead atoms. The van der Waals surface area contributed by atoms with Crippen LogP contribution >= 0.6 is 0 Å². The number of carbonyl (C=O) groups excluding carboxylic acids is 1. The highest BCUT2D eigenvalue weighted by Gasteiger charge is 2.10. The van der Waals surface area contributed by atoms with E-state index in [0.29, 0.717) is 18.2 Å². The number of nitrogens with zero attached hydrogens (tertiary/aromatic N) is 5. The SMILES string of the molecule is COC(=O)c1cc(C)c(CNc2nnnn2C)cn1. The Balaban J connectivity index is 2.09. The van der Waals surface area contributed by atoms with Gasteiger partial charge in [-0.1, -0.05) is 5.10 Å². The van der Waals surface area contributed by atoms with Gasteiger partial charge < -0.3 is 10.1 Å². The Hall–Kier alpha value is -2.51. The molecule has 2 rings (SSSR count). The molecule has 8 heteroatoms. The molecule has 2 aromatic rings. The van der Waals surface area contributed by atoms with Gasteiger partial charge in [0.2, 0.25) is 5.95 Å². The first-order valence-corrected chi connectivity index (χ1v) is 5.62. The van der Waals surface area contributed by atoms with Crippen LogP contribution in [0.4, 0.5) is 5.95 Å². The molecule has 0 fully saturated rings. The van der Waals surface area contributed by atoms with E-state index in [2.05, 4.69) is 30.6 Å². The number of tetrazole rings is 1. The predicted molar refractivity (Wildman–Crippen MR) is 66.4 cm³/mol. The largest absolute Gasteiger partial charge is 0.464 e. The van der Waals surface area contributed by atoms with Gasteiger partial charge in [-0.15, -0.1) is 0 Å². The van der Waals surface area contributed by atoms with Crippen LogP contribution in [0.1, 0.15) is 21.6 Å². The van der Waals surface area contributed by atoms with Crippen molar-refractivity contribution in [2.45, 2.75) is 13.5 Å². The highest BCUT2D eigenvalue weighted by molar-refractivity contribution is 5.87. The number of carbonyl (C=O) groups is 1. The summed E-state index contributed by atoms with van der Waals surface area (Å²) in [7, 11) is 3.07. The van der Waals surface area contributed by atoms with E-state index in [1.165, 1.54) is 11.8 Å². The molecule has 0 atom stereocenters. The van der Waals surface area contributed by atoms with Gasteiger partial charge in [-0.05, 0) is 34.5 Å². The topological polar surface area (TPSA) is 94.8 Å². The van der Waals surface area contributed by atoms with Crippen molar-refractivity contribution in [3.05, 3.63) is 29.1 Å². The minimum Gasteiger partial charge on any atom is -0.464 e. The molecule has 2 aromatic heterocycles. The van der Waals surface area contributed by atoms with Crippen LogP contribution in [-0.2, 0) is 18.3 Å². The molecule has 0 saturated heterocycles. The number of pyridine rings is 1. The molecule has 2 heterocycles. The number of nitrogens with one attached hydrogen (secondary N) is 1. The number of anilines is 1. The molecular formula is C11H14N6O2. The average molecular weight is 262 g/mol. The van der Waals surface area contributed by atoms with Crippen molar-refractivity contribution in [1.29, 1.82) is 0 Å². The Bertz CT molecular complexity index is 595. The van der Waals surface area contributed by atoms with Gasteiger partial charge in [0.25, 0.3) is 0 Å². The quantitative estimate of drug-likeness (QED) is 0.792. The monoisotopic (exact) mass is 262 g/mol. The van der Waals surface area contributed by atoms with Gasteiger partial charge in [-0.3, -0.25) is 0 Å². The lowest BCUT2D eigenvalue weighted by Crippen LogP contribution is -2.09. The van der Waals surface area contributed by atoms with Crippen LogP contribution in [0.5, 0.6) is 0 Å². The normalized spacial score (nSPS) is 10.3. The van der Waals surface area contributed by atoms with Crippen LogP contribution in [0.25, 0.3) is 0 Å². The first-order chi connectivity index (χ1) is 9.11. The molecule has 19 heavy (non-hydrogen) atoms. The lowest BCUT2D eigenvalue weighted by atomic mass is 10.1. The van der Waals surface area contributed by atoms with E-state index in [4.69, 9.17) is 0 Å². The molecular weight excluding hydrogens is 248 g/mol. The highest BCUT2D eigenvalue weighted by atomic mass is 16.5. The summed E-state index contributed by atoms with van der Waals surface area (Å²) in [5, 5.41) is 14.1. The fraction of sp³-hybridized carbons (Fsp3) is 0.364. The number of rotatable bonds is 4. The van der Waals surface area contributed by atoms with E-state index >= 15 is 0 Å². The summed E-state index contributed by atoms with van der Waals surface area (Å²) in [6.45, 7) is 2.43. The number of esters is 1. The van der Waals surface area contributed by atoms with Gasteiger partial charge in [0, 0.05) is 19.8 Å². The average Bonchev–Trinajstić information content (AvgIpc) is 2.82. The Kier molecular flexibility index (Phi) is 3.69. The number of hydrogen-bond donors (Lipinski definition) is 1. The summed E-state index contributed by atoms with van der Waals surface area (Å²) in [5.41, 5.74) is 2.19. The van der Waals surface area contributed by atoms with Crippen molar-refractivity contribution in [2.24, 2.45) is 7.05 Å². The molecule has 0 amide bonds. The summed E-state index contributed by atoms with van der Waals surface area (Å²) >= 11 is 0. The lowest BCUT2D eigenvalue weighted by Gasteiger charge is -2.08. The minimum absolute atomic E-state index is 0.295. The second kappa shape index (κ2) is 5.42. The van der Waals surface area contributed by atoms with Crippen LogP contribution in [-0.4, -0.2) is 38.3 Å². The van der Waals surface area contributed by atoms with E-state index in [-0.39, 0.29) is 0 Å². The van der Waals surface area contributed by atoms with Crippen LogP contribution < -0.4 is 5.32 Å². The van der Waals surface area contributed by atoms with Gasteiger partial charge >= 0.3 is 5.97 Å². The van der Waals surface area contributed by atoms with Crippen molar-refractivity contribution >= 4 is 11.9 Å². The second-order valence-electron chi connectivity index (χ2n) is 3.97. The Morgan fingerprint density at radius 2 is 2.32 bits per heavy atom. The molecule has 0 aromatic carbocycles. The fourth-order valence-corrected chi connectivity index (χ4v) is 1.54. The van der Waals surface area contributed by atoms with E-state index in [0.717, 1.165) is 11.1 Å². The van der Waals surface area contributed by atoms with Crippen molar-refractivity contribution in [3.8, 4) is 0 Å². The molecule has 8 nitrogen and oxygen atoms in total. The first-order valence-electron chi connectivity index (χ1n) is 5.62. The zero-order valence-corrected chi connectivity index (χ0v) is 10.9. The van der Waals surface area contributed by atoms with Crippen molar-refractivity contribution in [2.75, 3.05) is 12.4 Å². The maximum Gasteiger partial charge on any atom is 0.356 e. The molecule has 0 radical (unpaired) electrons. The zero-order chi connectivity index (χ0) is 13.8. The Labute approximate surface area is 109 Å². The minimum atomic E-state index is -0.444. The van der Waals surface area contributed by atoms with Crippen LogP contribution in [0.2, 0.25) is 0 Å². The van der Waals surface area contributed by atoms with E-state index < -0.39 is 5.97 Å². The number of aryl methyl sites for hydroxylation is 2. The number of methoxy groups -OCH3 is 1. The Morgan fingerprint density at radius 1 is 1.53 bits per heavy atom. The molecule has 0 aliphatic rings. The van der Waals surface area contributed by atoms with Crippen molar-refractivity contribution in [1.82, 2.24) is 25.2 Å². The molecule has 0 aliphatic heterocycles. The molecule has 1 N–H and O–H groups in total. The number of aromatic nitrogens is 5. The van der Waals surface area contributed by atoms with E-state index in [9.17, 15) is 4.79 Å². The number of ether oxygens (including phenoxy) is 1. The molecule has 0 unspecified atom stereocenters. The maximum atomic E-state index is 11.3. The van der Waals surface area contributed by atoms with Crippen LogP contribution in [0.15, 0.2) is 12.3 Å². The molecule has 0 aliphatic carbocycles. The smallest absolute Gasteiger partial charge is 0.356 e. The van der Waals surface area contributed by atoms with Gasteiger partial charge in [-0.25, -0.2) is 14.5 Å². The predicted octanol–water partition coefficient (Wildman–Crippen LogP) is 0.312. The van der Waals surface area contributed by atoms with E-state index in [1.54, 1.807) is 19.3 Å². The lowest BCUT2D eigenvalue weighted by molar-refractivity contribution is 0.0594. The fourth-order valence-electron chi connectivity index (χ4n) is 1.54. The first kappa shape index (κ1) is 12.9. The molecule has 0 saturated carbocycles. The van der Waals surface area contributed by atoms with Gasteiger partial charge in [0.15, 0.2) is 0 Å². The molecule has 0 spiro atoms. The third-order valence-corrected chi connectivity index (χ3v) is 2.67. The highest BCUT2D eigenvalue weighted by Crippen LogP contribution is 2.11. The van der Waals surface area contributed by atoms with E-state index in [1.807, 2.05) is 6.92 Å². The van der Waals surface area contributed by atoms with Gasteiger partial charge in [0.1, 0.15) is 5.69 Å². The van der Waals surface area contributed by atoms with Crippen LogP contribution in [0.3, 0.4) is 0 Å². The summed E-state index contributed by atoms with van der Waals surface area (Å²) < 4.78 is 6.15. The third kappa shape index (κ3) is 2.84. The van der Waals surface area contributed by atoms with Gasteiger partial charge in [-0.2, -0.15) is 0 Å². The Morgan fingerprint density at radius 3 is 2.89 bits per heavy atom. The van der Waals surface area contributed by atoms with Gasteiger partial charge in [0.05, 0.1) is 7.11 Å². The zero-order valence-electron chi connectivity index (χ0n) is 10.9. The summed E-state index contributed by atoms with van der Waals surface area (Å²) in [5.74, 6) is 0.122. The summed E-state index contributed by atoms with van der Waals surface area (Å²) in [6.07, 6.45) is 1.64. The van der Waals surface area contributed by atoms with Crippen molar-refractivity contribution < 1.29 is 9.53 Å².